The van der Waals surface area contributed by atoms with Crippen LogP contribution in [0.4, 0.5) is 0 Å². The summed E-state index contributed by atoms with van der Waals surface area (Å²) in [6, 6.07) is 15.3. The molecular formula is C19H19NO4S. The lowest BCUT2D eigenvalue weighted by molar-refractivity contribution is -0.136. The molecule has 0 bridgehead atoms. The Balaban J connectivity index is 2.00. The predicted octanol–water partition coefficient (Wildman–Crippen LogP) is 2.52. The van der Waals surface area contributed by atoms with E-state index in [0.29, 0.717) is 17.5 Å². The number of carbonyl (C=O) groups excluding carboxylic acids is 2. The molecule has 0 saturated carbocycles. The minimum atomic E-state index is -0.944. The Bertz CT molecular complexity index is 761. The van der Waals surface area contributed by atoms with Crippen LogP contribution in [0.3, 0.4) is 0 Å². The summed E-state index contributed by atoms with van der Waals surface area (Å²) < 4.78 is 0. The van der Waals surface area contributed by atoms with Crippen LogP contribution in [0.15, 0.2) is 54.6 Å². The number of hydrogen-bond acceptors (Lipinski definition) is 5. The molecule has 0 saturated heterocycles. The fourth-order valence-corrected chi connectivity index (χ4v) is 3.05. The zero-order valence-corrected chi connectivity index (χ0v) is 14.4. The van der Waals surface area contributed by atoms with Crippen LogP contribution in [-0.2, 0) is 16.0 Å². The van der Waals surface area contributed by atoms with Crippen LogP contribution in [0, 0.1) is 0 Å². The van der Waals surface area contributed by atoms with Crippen LogP contribution >= 0.6 is 11.8 Å². The van der Waals surface area contributed by atoms with Gasteiger partial charge in [-0.1, -0.05) is 60.3 Å². The van der Waals surface area contributed by atoms with Crippen LogP contribution in [-0.4, -0.2) is 33.8 Å². The van der Waals surface area contributed by atoms with Gasteiger partial charge in [-0.05, 0) is 18.1 Å². The fraction of sp³-hybridized carbons (Fsp3) is 0.211. The molecule has 0 spiro atoms. The Morgan fingerprint density at radius 2 is 1.68 bits per heavy atom. The topological polar surface area (TPSA) is 97.5 Å². The smallest absolute Gasteiger partial charge is 0.304 e. The summed E-state index contributed by atoms with van der Waals surface area (Å²) in [4.78, 5) is 34.9. The number of carbonyl (C=O) groups is 3. The summed E-state index contributed by atoms with van der Waals surface area (Å²) in [5.74, 6) is -0.826. The zero-order chi connectivity index (χ0) is 18.2. The average molecular weight is 357 g/mol. The van der Waals surface area contributed by atoms with Crippen molar-refractivity contribution in [2.45, 2.75) is 18.9 Å². The molecule has 2 rings (SSSR count). The maximum absolute atomic E-state index is 12.5. The number of ketones is 1. The molecule has 0 heterocycles. The summed E-state index contributed by atoms with van der Waals surface area (Å²) in [7, 11) is 0. The maximum atomic E-state index is 12.5. The zero-order valence-electron chi connectivity index (χ0n) is 13.6. The van der Waals surface area contributed by atoms with E-state index in [1.807, 2.05) is 12.1 Å². The van der Waals surface area contributed by atoms with E-state index in [-0.39, 0.29) is 23.1 Å². The molecule has 3 N–H and O–H groups in total. The number of nitrogens with two attached hydrogens (primary N) is 1. The molecule has 0 aliphatic rings. The van der Waals surface area contributed by atoms with Crippen molar-refractivity contribution >= 4 is 28.6 Å². The molecule has 0 fully saturated rings. The van der Waals surface area contributed by atoms with Gasteiger partial charge >= 0.3 is 5.97 Å². The quantitative estimate of drug-likeness (QED) is 0.705. The van der Waals surface area contributed by atoms with Crippen LogP contribution in [0.2, 0.25) is 0 Å². The molecule has 0 aromatic heterocycles. The van der Waals surface area contributed by atoms with Crippen molar-refractivity contribution < 1.29 is 19.5 Å². The van der Waals surface area contributed by atoms with Gasteiger partial charge in [0.25, 0.3) is 0 Å². The van der Waals surface area contributed by atoms with E-state index in [9.17, 15) is 14.4 Å². The molecular weight excluding hydrogens is 338 g/mol. The fourth-order valence-electron chi connectivity index (χ4n) is 2.28. The van der Waals surface area contributed by atoms with E-state index in [2.05, 4.69) is 0 Å². The third-order valence-electron chi connectivity index (χ3n) is 3.54. The molecule has 130 valence electrons. The lowest BCUT2D eigenvalue weighted by Crippen LogP contribution is -2.31. The number of hydrogen-bond donors (Lipinski definition) is 2. The van der Waals surface area contributed by atoms with Gasteiger partial charge in [-0.2, -0.15) is 0 Å². The molecule has 0 unspecified atom stereocenters. The Hall–Kier alpha value is -2.44. The Kier molecular flexibility index (Phi) is 6.91. The van der Waals surface area contributed by atoms with Crippen molar-refractivity contribution in [2.24, 2.45) is 5.73 Å². The highest BCUT2D eigenvalue weighted by atomic mass is 32.2. The highest BCUT2D eigenvalue weighted by Crippen LogP contribution is 2.15. The van der Waals surface area contributed by atoms with E-state index in [0.717, 1.165) is 17.3 Å². The second kappa shape index (κ2) is 9.15. The number of benzene rings is 2. The van der Waals surface area contributed by atoms with Gasteiger partial charge in [-0.25, -0.2) is 0 Å². The van der Waals surface area contributed by atoms with E-state index >= 15 is 0 Å². The highest BCUT2D eigenvalue weighted by Gasteiger charge is 2.16. The van der Waals surface area contributed by atoms with E-state index in [1.165, 1.54) is 0 Å². The first kappa shape index (κ1) is 18.9. The lowest BCUT2D eigenvalue weighted by Gasteiger charge is -2.11. The Morgan fingerprint density at radius 3 is 2.36 bits per heavy atom. The minimum Gasteiger partial charge on any atom is -0.481 e. The van der Waals surface area contributed by atoms with Gasteiger partial charge in [0.1, 0.15) is 0 Å². The predicted molar refractivity (Wildman–Crippen MR) is 97.7 cm³/mol. The number of thioether (sulfide) groups is 1. The SMILES string of the molecule is N[C@@H](Cc1cccc(C(=O)c2ccccc2)c1)C(=O)SCCC(=O)O. The van der Waals surface area contributed by atoms with Crippen molar-refractivity contribution in [1.82, 2.24) is 0 Å². The van der Waals surface area contributed by atoms with Crippen LogP contribution in [0.1, 0.15) is 27.9 Å². The second-order valence-electron chi connectivity index (χ2n) is 5.52. The third kappa shape index (κ3) is 5.85. The third-order valence-corrected chi connectivity index (χ3v) is 4.54. The van der Waals surface area contributed by atoms with Gasteiger partial charge in [0.15, 0.2) is 5.78 Å². The molecule has 2 aromatic rings. The van der Waals surface area contributed by atoms with Crippen LogP contribution in [0.5, 0.6) is 0 Å². The van der Waals surface area contributed by atoms with Crippen molar-refractivity contribution in [3.05, 3.63) is 71.3 Å². The van der Waals surface area contributed by atoms with Gasteiger partial charge in [0.2, 0.25) is 5.12 Å². The van der Waals surface area contributed by atoms with E-state index in [1.54, 1.807) is 42.5 Å². The van der Waals surface area contributed by atoms with Gasteiger partial charge in [0.05, 0.1) is 12.5 Å². The molecule has 25 heavy (non-hydrogen) atoms. The highest BCUT2D eigenvalue weighted by molar-refractivity contribution is 8.13. The van der Waals surface area contributed by atoms with Gasteiger partial charge in [-0.3, -0.25) is 14.4 Å². The monoisotopic (exact) mass is 357 g/mol. The first-order valence-electron chi connectivity index (χ1n) is 7.80. The maximum Gasteiger partial charge on any atom is 0.304 e. The van der Waals surface area contributed by atoms with Crippen molar-refractivity contribution in [3.8, 4) is 0 Å². The second-order valence-corrected chi connectivity index (χ2v) is 6.62. The van der Waals surface area contributed by atoms with Gasteiger partial charge < -0.3 is 10.8 Å². The average Bonchev–Trinajstić information content (AvgIpc) is 2.61. The molecule has 6 heteroatoms. The Labute approximate surface area is 150 Å². The number of carboxylic acid groups (broad SMARTS) is 1. The summed E-state index contributed by atoms with van der Waals surface area (Å²) >= 11 is 0.928. The summed E-state index contributed by atoms with van der Waals surface area (Å²) in [6.07, 6.45) is 0.221. The molecule has 2 aromatic carbocycles. The lowest BCUT2D eigenvalue weighted by atomic mass is 9.99. The summed E-state index contributed by atoms with van der Waals surface area (Å²) in [6.45, 7) is 0. The molecule has 5 nitrogen and oxygen atoms in total. The van der Waals surface area contributed by atoms with E-state index in [4.69, 9.17) is 10.8 Å². The van der Waals surface area contributed by atoms with E-state index < -0.39 is 12.0 Å². The first-order valence-corrected chi connectivity index (χ1v) is 8.78. The van der Waals surface area contributed by atoms with Crippen molar-refractivity contribution in [2.75, 3.05) is 5.75 Å². The van der Waals surface area contributed by atoms with Gasteiger partial charge in [-0.15, -0.1) is 0 Å². The van der Waals surface area contributed by atoms with Crippen molar-refractivity contribution in [3.63, 3.8) is 0 Å². The number of rotatable bonds is 8. The molecule has 1 atom stereocenters. The summed E-state index contributed by atoms with van der Waals surface area (Å²) in [5, 5.41) is 8.34. The normalized spacial score (nSPS) is 11.7. The molecule has 0 aliphatic heterocycles. The minimum absolute atomic E-state index is 0.0792. The summed E-state index contributed by atoms with van der Waals surface area (Å²) in [5.41, 5.74) is 7.84. The standard InChI is InChI=1S/C19H19NO4S/c20-16(19(24)25-10-9-17(21)22)12-13-5-4-8-15(11-13)18(23)14-6-2-1-3-7-14/h1-8,11,16H,9-10,12,20H2,(H,21,22)/t16-/m0/s1. The molecule has 0 amide bonds. The first-order chi connectivity index (χ1) is 12.0. The number of aliphatic carboxylic acids is 1. The molecule has 0 radical (unpaired) electrons. The van der Waals surface area contributed by atoms with Gasteiger partial charge in [0, 0.05) is 16.9 Å². The van der Waals surface area contributed by atoms with Crippen molar-refractivity contribution in [1.29, 1.82) is 0 Å². The van der Waals surface area contributed by atoms with Crippen LogP contribution in [0.25, 0.3) is 0 Å². The largest absolute Gasteiger partial charge is 0.481 e. The number of carboxylic acids is 1. The molecule has 0 aliphatic carbocycles. The van der Waals surface area contributed by atoms with Crippen LogP contribution < -0.4 is 5.73 Å². The Morgan fingerprint density at radius 1 is 1.00 bits per heavy atom.